The molecule has 1 aromatic rings. The smallest absolute Gasteiger partial charge is 0.226 e. The van der Waals surface area contributed by atoms with Crippen LogP contribution in [-0.4, -0.2) is 49.8 Å². The number of ketones is 4. The van der Waals surface area contributed by atoms with Crippen LogP contribution in [-0.2, 0) is 19.1 Å². The number of aromatic hydroxyl groups is 2. The van der Waals surface area contributed by atoms with Crippen LogP contribution in [0.5, 0.6) is 17.2 Å². The summed E-state index contributed by atoms with van der Waals surface area (Å²) in [5.41, 5.74) is -6.07. The number of carbonyl (C=O) groups excluding carboxylic acids is 4. The number of allylic oxidation sites excluding steroid dienone is 2. The lowest BCUT2D eigenvalue weighted by molar-refractivity contribution is -0.288. The Morgan fingerprint density at radius 1 is 0.809 bits per heavy atom. The Morgan fingerprint density at radius 3 is 1.87 bits per heavy atom. The molecule has 47 heavy (non-hydrogen) atoms. The minimum atomic E-state index is -1.51. The number of fused-ring (bicyclic) bond motifs is 2. The van der Waals surface area contributed by atoms with Crippen LogP contribution in [0.2, 0.25) is 0 Å². The lowest BCUT2D eigenvalue weighted by Gasteiger charge is -2.60. The Kier molecular flexibility index (Phi) is 7.42. The molecule has 258 valence electrons. The molecule has 4 atom stereocenters. The minimum Gasteiger partial charge on any atom is -0.511 e. The van der Waals surface area contributed by atoms with Crippen molar-refractivity contribution in [2.75, 3.05) is 0 Å². The van der Waals surface area contributed by atoms with Crippen LogP contribution in [0.1, 0.15) is 137 Å². The van der Waals surface area contributed by atoms with Crippen molar-refractivity contribution >= 4 is 23.1 Å². The molecule has 4 aliphatic rings. The molecule has 1 saturated heterocycles. The average Bonchev–Trinajstić information content (AvgIpc) is 3.23. The van der Waals surface area contributed by atoms with Crippen LogP contribution < -0.4 is 4.74 Å². The van der Waals surface area contributed by atoms with E-state index < -0.39 is 97.2 Å². The molecule has 0 radical (unpaired) electrons. The van der Waals surface area contributed by atoms with E-state index in [1.807, 2.05) is 27.7 Å². The van der Waals surface area contributed by atoms with Crippen molar-refractivity contribution in [3.05, 3.63) is 28.0 Å². The summed E-state index contributed by atoms with van der Waals surface area (Å²) >= 11 is 0. The van der Waals surface area contributed by atoms with E-state index in [9.17, 15) is 34.5 Å². The molecule has 2 heterocycles. The summed E-state index contributed by atoms with van der Waals surface area (Å²) in [6, 6.07) is 0. The SMILES string of the molecule is CC(C)C(=O)c1c(O)c(C(C2=C(O)C(C)(C)C(=O)C(C)(C)C2=O)C(C)C)c(O)c2c1OC13OC(C)(C)CC1C2C(C)(C)C(=O)C3(C)C. The van der Waals surface area contributed by atoms with E-state index >= 15 is 0 Å². The molecule has 0 amide bonds. The number of ether oxygens (including phenoxy) is 2. The van der Waals surface area contributed by atoms with Gasteiger partial charge in [-0.05, 0) is 67.7 Å². The highest BCUT2D eigenvalue weighted by Gasteiger charge is 2.76. The maximum Gasteiger partial charge on any atom is 0.226 e. The molecule has 2 bridgehead atoms. The normalized spacial score (nSPS) is 30.3. The Bertz CT molecular complexity index is 1670. The number of Topliss-reactive ketones (excluding diaryl/α,β-unsaturated/α-hetero) is 4. The fourth-order valence-electron chi connectivity index (χ4n) is 9.49. The highest BCUT2D eigenvalue weighted by Crippen LogP contribution is 2.72. The molecular weight excluding hydrogens is 600 g/mol. The van der Waals surface area contributed by atoms with E-state index in [2.05, 4.69) is 0 Å². The van der Waals surface area contributed by atoms with Crippen molar-refractivity contribution in [3.63, 3.8) is 0 Å². The van der Waals surface area contributed by atoms with Gasteiger partial charge in [0.2, 0.25) is 5.79 Å². The molecule has 5 rings (SSSR count). The molecule has 2 fully saturated rings. The summed E-state index contributed by atoms with van der Waals surface area (Å²) in [4.78, 5) is 56.2. The summed E-state index contributed by atoms with van der Waals surface area (Å²) in [5.74, 6) is -7.94. The number of benzene rings is 1. The molecule has 1 aromatic carbocycles. The summed E-state index contributed by atoms with van der Waals surface area (Å²) in [7, 11) is 0. The third kappa shape index (κ3) is 4.23. The van der Waals surface area contributed by atoms with Gasteiger partial charge < -0.3 is 24.8 Å². The second-order valence-electron chi connectivity index (χ2n) is 17.7. The molecule has 3 N–H and O–H groups in total. The van der Waals surface area contributed by atoms with Gasteiger partial charge >= 0.3 is 0 Å². The average molecular weight is 653 g/mol. The maximum absolute atomic E-state index is 14.4. The van der Waals surface area contributed by atoms with Crippen molar-refractivity contribution in [3.8, 4) is 17.2 Å². The van der Waals surface area contributed by atoms with Crippen molar-refractivity contribution in [1.29, 1.82) is 0 Å². The van der Waals surface area contributed by atoms with Gasteiger partial charge in [0.15, 0.2) is 23.1 Å². The van der Waals surface area contributed by atoms with Gasteiger partial charge in [-0.2, -0.15) is 0 Å². The number of hydrogen-bond donors (Lipinski definition) is 3. The first-order valence-corrected chi connectivity index (χ1v) is 16.8. The number of phenolic OH excluding ortho intramolecular Hbond substituents is 2. The predicted molar refractivity (Wildman–Crippen MR) is 176 cm³/mol. The number of carbonyl (C=O) groups is 4. The molecule has 0 spiro atoms. The van der Waals surface area contributed by atoms with E-state index in [0.29, 0.717) is 6.42 Å². The fraction of sp³-hybridized carbons (Fsp3) is 0.684. The van der Waals surface area contributed by atoms with Crippen LogP contribution in [0.4, 0.5) is 0 Å². The summed E-state index contributed by atoms with van der Waals surface area (Å²) in [6.45, 7) is 24.1. The molecular formula is C38H52O9. The number of rotatable bonds is 5. The fourth-order valence-corrected chi connectivity index (χ4v) is 9.49. The summed E-state index contributed by atoms with van der Waals surface area (Å²) in [6.07, 6.45) is 0.489. The first kappa shape index (κ1) is 35.1. The Balaban J connectivity index is 1.96. The number of aliphatic hydroxyl groups excluding tert-OH is 1. The van der Waals surface area contributed by atoms with Gasteiger partial charge in [0.05, 0.1) is 21.8 Å². The molecule has 9 heteroatoms. The first-order chi connectivity index (χ1) is 21.1. The molecule has 9 nitrogen and oxygen atoms in total. The number of phenols is 2. The quantitative estimate of drug-likeness (QED) is 0.220. The largest absolute Gasteiger partial charge is 0.511 e. The predicted octanol–water partition coefficient (Wildman–Crippen LogP) is 7.31. The third-order valence-corrected chi connectivity index (χ3v) is 11.7. The monoisotopic (exact) mass is 652 g/mol. The summed E-state index contributed by atoms with van der Waals surface area (Å²) < 4.78 is 13.5. The Morgan fingerprint density at radius 2 is 1.36 bits per heavy atom. The topological polar surface area (TPSA) is 147 Å². The molecule has 0 aromatic heterocycles. The van der Waals surface area contributed by atoms with E-state index in [1.54, 1.807) is 55.4 Å². The van der Waals surface area contributed by atoms with Crippen molar-refractivity contribution in [2.45, 2.75) is 127 Å². The van der Waals surface area contributed by atoms with Gasteiger partial charge in [-0.3, -0.25) is 19.2 Å². The first-order valence-electron chi connectivity index (χ1n) is 16.8. The number of aliphatic hydroxyl groups is 1. The molecule has 1 saturated carbocycles. The Hall–Kier alpha value is -3.20. The molecule has 4 unspecified atom stereocenters. The van der Waals surface area contributed by atoms with Gasteiger partial charge in [0.1, 0.15) is 28.6 Å². The lowest BCUT2D eigenvalue weighted by Crippen LogP contribution is -2.69. The minimum absolute atomic E-state index is 0.0263. The third-order valence-electron chi connectivity index (χ3n) is 11.7. The van der Waals surface area contributed by atoms with Gasteiger partial charge in [0.25, 0.3) is 0 Å². The van der Waals surface area contributed by atoms with Gasteiger partial charge in [-0.25, -0.2) is 0 Å². The van der Waals surface area contributed by atoms with E-state index in [-0.39, 0.29) is 33.8 Å². The lowest BCUT2D eigenvalue weighted by atomic mass is 9.48. The highest BCUT2D eigenvalue weighted by molar-refractivity contribution is 6.19. The maximum atomic E-state index is 14.4. The zero-order valence-electron chi connectivity index (χ0n) is 30.4. The van der Waals surface area contributed by atoms with Gasteiger partial charge in [-0.1, -0.05) is 41.5 Å². The van der Waals surface area contributed by atoms with E-state index in [1.165, 1.54) is 13.8 Å². The second kappa shape index (κ2) is 9.93. The zero-order chi connectivity index (χ0) is 35.9. The van der Waals surface area contributed by atoms with Gasteiger partial charge in [0, 0.05) is 45.8 Å². The Labute approximate surface area is 278 Å². The van der Waals surface area contributed by atoms with Crippen molar-refractivity contribution in [2.24, 2.45) is 39.4 Å². The zero-order valence-corrected chi connectivity index (χ0v) is 30.4. The highest BCUT2D eigenvalue weighted by atomic mass is 16.7. The molecule has 2 aliphatic heterocycles. The van der Waals surface area contributed by atoms with E-state index in [0.717, 1.165) is 0 Å². The van der Waals surface area contributed by atoms with Crippen LogP contribution in [0.3, 0.4) is 0 Å². The van der Waals surface area contributed by atoms with Crippen molar-refractivity contribution in [1.82, 2.24) is 0 Å². The number of hydrogen-bond acceptors (Lipinski definition) is 9. The second-order valence-corrected chi connectivity index (χ2v) is 17.7. The standard InChI is InChI=1S/C38H52O9/c1-16(2)19(21-29(42)35(9,10)31(44)36(11,12)30(21)43)20-26(40)22-24-18-15-33(5,6)47-38(18,37(13,14)32(45)34(24,7)8)46-28(22)23(27(20)41)25(39)17(3)4/h16-19,24,40-42H,15H2,1-14H3. The van der Waals surface area contributed by atoms with Crippen LogP contribution in [0.15, 0.2) is 11.3 Å². The van der Waals surface area contributed by atoms with Crippen LogP contribution in [0.25, 0.3) is 0 Å². The summed E-state index contributed by atoms with van der Waals surface area (Å²) in [5, 5.41) is 36.4. The molecule has 2 aliphatic carbocycles. The van der Waals surface area contributed by atoms with Crippen molar-refractivity contribution < 1.29 is 44.0 Å². The van der Waals surface area contributed by atoms with E-state index in [4.69, 9.17) is 9.47 Å². The van der Waals surface area contributed by atoms with Crippen LogP contribution >= 0.6 is 0 Å². The van der Waals surface area contributed by atoms with Crippen LogP contribution in [0, 0.1) is 39.4 Å². The van der Waals surface area contributed by atoms with Gasteiger partial charge in [-0.15, -0.1) is 0 Å².